The molecule has 0 aliphatic rings. The number of aliphatic hydroxyl groups is 2. The molecule has 0 fully saturated rings. The van der Waals surface area contributed by atoms with Crippen molar-refractivity contribution in [1.82, 2.24) is 5.32 Å². The second-order valence-corrected chi connectivity index (χ2v) is 6.33. The summed E-state index contributed by atoms with van der Waals surface area (Å²) in [5.41, 5.74) is 0. The third-order valence-electron chi connectivity index (χ3n) is 3.37. The Labute approximate surface area is 142 Å². The first-order valence-corrected chi connectivity index (χ1v) is 9.18. The van der Waals surface area contributed by atoms with Gasteiger partial charge in [0, 0.05) is 19.5 Å². The van der Waals surface area contributed by atoms with Gasteiger partial charge in [0.1, 0.15) is 0 Å². The molecular weight excluding hydrogens is 294 g/mol. The minimum Gasteiger partial charge on any atom is -0.481 e. The summed E-state index contributed by atoms with van der Waals surface area (Å²) in [5, 5.41) is 28.7. The molecule has 4 N–H and O–H groups in total. The molecule has 2 atom stereocenters. The van der Waals surface area contributed by atoms with E-state index in [0.29, 0.717) is 19.5 Å². The van der Waals surface area contributed by atoms with E-state index >= 15 is 0 Å². The van der Waals surface area contributed by atoms with Crippen LogP contribution in [0.15, 0.2) is 0 Å². The zero-order chi connectivity index (χ0) is 17.9. The van der Waals surface area contributed by atoms with Crippen LogP contribution in [0.4, 0.5) is 0 Å². The maximum Gasteiger partial charge on any atom is 0.303 e. The van der Waals surface area contributed by atoms with E-state index in [-0.39, 0.29) is 12.2 Å². The van der Waals surface area contributed by atoms with Gasteiger partial charge in [-0.15, -0.1) is 0 Å². The van der Waals surface area contributed by atoms with E-state index < -0.39 is 5.97 Å². The average molecular weight is 334 g/mol. The second kappa shape index (κ2) is 19.4. The third kappa shape index (κ3) is 29.9. The van der Waals surface area contributed by atoms with E-state index in [9.17, 15) is 4.79 Å². The Bertz CT molecular complexity index is 237. The van der Waals surface area contributed by atoms with Gasteiger partial charge in [-0.3, -0.25) is 4.79 Å². The Morgan fingerprint density at radius 2 is 1.22 bits per heavy atom. The van der Waals surface area contributed by atoms with Gasteiger partial charge < -0.3 is 20.6 Å². The van der Waals surface area contributed by atoms with E-state index in [1.807, 2.05) is 0 Å². The van der Waals surface area contributed by atoms with Crippen LogP contribution in [-0.2, 0) is 4.79 Å². The van der Waals surface area contributed by atoms with Gasteiger partial charge >= 0.3 is 5.97 Å². The Morgan fingerprint density at radius 3 is 1.57 bits per heavy atom. The number of aliphatic carboxylic acids is 1. The van der Waals surface area contributed by atoms with E-state index in [1.165, 1.54) is 44.9 Å². The van der Waals surface area contributed by atoms with Gasteiger partial charge in [-0.2, -0.15) is 0 Å². The predicted octanol–water partition coefficient (Wildman–Crippen LogP) is 3.33. The standard InChI is InChI=1S/C12H24O2.C6H15NO2/c1-2-3-4-5-6-7-8-9-10-11-12(13)14;1-5(8)3-7-4-6(2)9/h2-11H2,1H3,(H,13,14);5-9H,3-4H2,1-2H3. The molecule has 0 aliphatic heterocycles. The maximum atomic E-state index is 10.2. The zero-order valence-electron chi connectivity index (χ0n) is 15.4. The van der Waals surface area contributed by atoms with Crippen LogP contribution in [0.25, 0.3) is 0 Å². The van der Waals surface area contributed by atoms with E-state index in [0.717, 1.165) is 12.8 Å². The number of unbranched alkanes of at least 4 members (excludes halogenated alkanes) is 8. The number of carboxylic acids is 1. The lowest BCUT2D eigenvalue weighted by molar-refractivity contribution is -0.137. The first-order chi connectivity index (χ1) is 10.9. The van der Waals surface area contributed by atoms with E-state index in [4.69, 9.17) is 15.3 Å². The first kappa shape index (κ1) is 24.6. The lowest BCUT2D eigenvalue weighted by Gasteiger charge is -2.07. The molecular formula is C18H39NO4. The fourth-order valence-corrected chi connectivity index (χ4v) is 2.09. The van der Waals surface area contributed by atoms with Crippen LogP contribution in [-0.4, -0.2) is 46.6 Å². The van der Waals surface area contributed by atoms with E-state index in [1.54, 1.807) is 13.8 Å². The molecule has 0 saturated heterocycles. The van der Waals surface area contributed by atoms with Gasteiger partial charge in [0.2, 0.25) is 0 Å². The van der Waals surface area contributed by atoms with Crippen molar-refractivity contribution in [3.05, 3.63) is 0 Å². The van der Waals surface area contributed by atoms with Gasteiger partial charge in [0.25, 0.3) is 0 Å². The third-order valence-corrected chi connectivity index (χ3v) is 3.37. The molecule has 140 valence electrons. The fraction of sp³-hybridized carbons (Fsp3) is 0.944. The zero-order valence-corrected chi connectivity index (χ0v) is 15.4. The molecule has 0 aromatic rings. The summed E-state index contributed by atoms with van der Waals surface area (Å²) in [5.74, 6) is -0.659. The normalized spacial score (nSPS) is 13.1. The van der Waals surface area contributed by atoms with Crippen molar-refractivity contribution in [1.29, 1.82) is 0 Å². The minimum atomic E-state index is -0.659. The van der Waals surface area contributed by atoms with Crippen LogP contribution >= 0.6 is 0 Å². The smallest absolute Gasteiger partial charge is 0.303 e. The van der Waals surface area contributed by atoms with Gasteiger partial charge in [0.05, 0.1) is 12.2 Å². The summed E-state index contributed by atoms with van der Waals surface area (Å²) in [6.07, 6.45) is 10.8. The van der Waals surface area contributed by atoms with Crippen LogP contribution in [0.1, 0.15) is 85.0 Å². The van der Waals surface area contributed by atoms with Crippen LogP contribution in [0.3, 0.4) is 0 Å². The minimum absolute atomic E-state index is 0.330. The Kier molecular flexibility index (Phi) is 20.7. The Hall–Kier alpha value is -0.650. The summed E-state index contributed by atoms with van der Waals surface area (Å²) < 4.78 is 0. The molecule has 0 aromatic heterocycles. The van der Waals surface area contributed by atoms with Gasteiger partial charge in [-0.25, -0.2) is 0 Å². The molecule has 0 rings (SSSR count). The molecule has 0 saturated carbocycles. The lowest BCUT2D eigenvalue weighted by Crippen LogP contribution is -2.30. The van der Waals surface area contributed by atoms with Crippen molar-refractivity contribution >= 4 is 5.97 Å². The maximum absolute atomic E-state index is 10.2. The molecule has 0 radical (unpaired) electrons. The van der Waals surface area contributed by atoms with Crippen LogP contribution in [0.5, 0.6) is 0 Å². The average Bonchev–Trinajstić information content (AvgIpc) is 2.45. The Balaban J connectivity index is 0. The summed E-state index contributed by atoms with van der Waals surface area (Å²) >= 11 is 0. The van der Waals surface area contributed by atoms with Crippen LogP contribution in [0, 0.1) is 0 Å². The molecule has 5 nitrogen and oxygen atoms in total. The number of nitrogens with one attached hydrogen (secondary N) is 1. The first-order valence-electron chi connectivity index (χ1n) is 9.18. The summed E-state index contributed by atoms with van der Waals surface area (Å²) in [6.45, 7) is 6.73. The molecule has 23 heavy (non-hydrogen) atoms. The summed E-state index contributed by atoms with van der Waals surface area (Å²) in [4.78, 5) is 10.2. The number of hydrogen-bond acceptors (Lipinski definition) is 4. The molecule has 0 spiro atoms. The van der Waals surface area contributed by atoms with Crippen molar-refractivity contribution in [2.24, 2.45) is 0 Å². The second-order valence-electron chi connectivity index (χ2n) is 6.33. The summed E-state index contributed by atoms with van der Waals surface area (Å²) in [7, 11) is 0. The number of rotatable bonds is 14. The molecule has 0 aliphatic carbocycles. The molecule has 0 heterocycles. The van der Waals surface area contributed by atoms with Gasteiger partial charge in [-0.05, 0) is 20.3 Å². The highest BCUT2D eigenvalue weighted by molar-refractivity contribution is 5.66. The number of hydrogen-bond donors (Lipinski definition) is 4. The number of carboxylic acid groups (broad SMARTS) is 1. The Morgan fingerprint density at radius 1 is 0.826 bits per heavy atom. The fourth-order valence-electron chi connectivity index (χ4n) is 2.09. The summed E-state index contributed by atoms with van der Waals surface area (Å²) in [6, 6.07) is 0. The predicted molar refractivity (Wildman–Crippen MR) is 95.7 cm³/mol. The highest BCUT2D eigenvalue weighted by Crippen LogP contribution is 2.10. The van der Waals surface area contributed by atoms with Crippen molar-refractivity contribution in [2.45, 2.75) is 97.2 Å². The van der Waals surface area contributed by atoms with E-state index in [2.05, 4.69) is 12.2 Å². The largest absolute Gasteiger partial charge is 0.481 e. The van der Waals surface area contributed by atoms with Crippen molar-refractivity contribution in [2.75, 3.05) is 13.1 Å². The molecule has 0 aromatic carbocycles. The van der Waals surface area contributed by atoms with Crippen LogP contribution in [0.2, 0.25) is 0 Å². The molecule has 0 bridgehead atoms. The van der Waals surface area contributed by atoms with Gasteiger partial charge in [-0.1, -0.05) is 58.3 Å². The number of carbonyl (C=O) groups is 1. The lowest BCUT2D eigenvalue weighted by atomic mass is 10.1. The van der Waals surface area contributed by atoms with Crippen molar-refractivity contribution < 1.29 is 20.1 Å². The molecule has 0 amide bonds. The molecule has 5 heteroatoms. The van der Waals surface area contributed by atoms with Crippen molar-refractivity contribution in [3.8, 4) is 0 Å². The molecule has 2 unspecified atom stereocenters. The highest BCUT2D eigenvalue weighted by atomic mass is 16.4. The monoisotopic (exact) mass is 333 g/mol. The quantitative estimate of drug-likeness (QED) is 0.366. The van der Waals surface area contributed by atoms with Gasteiger partial charge in [0.15, 0.2) is 0 Å². The number of aliphatic hydroxyl groups excluding tert-OH is 2. The van der Waals surface area contributed by atoms with Crippen molar-refractivity contribution in [3.63, 3.8) is 0 Å². The highest BCUT2D eigenvalue weighted by Gasteiger charge is 1.97. The SMILES string of the molecule is CC(O)CNCC(C)O.CCCCCCCCCCCC(=O)O. The topological polar surface area (TPSA) is 89.8 Å². The van der Waals surface area contributed by atoms with Crippen LogP contribution < -0.4 is 5.32 Å².